The number of rotatable bonds is 2. The highest BCUT2D eigenvalue weighted by molar-refractivity contribution is 5.87. The smallest absolute Gasteiger partial charge is 0.408 e. The Kier molecular flexibility index (Phi) is 5.00. The molecule has 0 aromatic heterocycles. The number of carbonyl (C=O) groups is 2. The Morgan fingerprint density at radius 2 is 2.00 bits per heavy atom. The third kappa shape index (κ3) is 3.72. The molecule has 0 saturated carbocycles. The minimum absolute atomic E-state index is 0.0197. The van der Waals surface area contributed by atoms with Crippen LogP contribution in [0.2, 0.25) is 0 Å². The van der Waals surface area contributed by atoms with Gasteiger partial charge < -0.3 is 20.1 Å². The van der Waals surface area contributed by atoms with Crippen LogP contribution in [0, 0.1) is 5.92 Å². The van der Waals surface area contributed by atoms with Crippen LogP contribution in [0.25, 0.3) is 0 Å². The third-order valence-electron chi connectivity index (χ3n) is 4.57. The molecule has 0 aromatic carbocycles. The van der Waals surface area contributed by atoms with Crippen LogP contribution in [-0.2, 0) is 9.53 Å². The molecule has 2 amide bonds. The number of aliphatic hydroxyl groups is 1. The molecule has 2 aliphatic heterocycles. The highest BCUT2D eigenvalue weighted by atomic mass is 16.6. The first-order valence-corrected chi connectivity index (χ1v) is 8.15. The van der Waals surface area contributed by atoms with Crippen LogP contribution in [0.3, 0.4) is 0 Å². The highest BCUT2D eigenvalue weighted by Crippen LogP contribution is 2.34. The number of fused-ring (bicyclic) bond motifs is 1. The lowest BCUT2D eigenvalue weighted by molar-refractivity contribution is -0.148. The largest absolute Gasteiger partial charge is 0.444 e. The van der Waals surface area contributed by atoms with Crippen LogP contribution in [0.4, 0.5) is 4.79 Å². The molecule has 2 aliphatic rings. The molecule has 4 atom stereocenters. The van der Waals surface area contributed by atoms with Gasteiger partial charge >= 0.3 is 6.09 Å². The summed E-state index contributed by atoms with van der Waals surface area (Å²) in [5, 5.41) is 12.2. The molecule has 0 radical (unpaired) electrons. The van der Waals surface area contributed by atoms with E-state index in [9.17, 15) is 14.7 Å². The molecule has 6 nitrogen and oxygen atoms in total. The van der Waals surface area contributed by atoms with Crippen LogP contribution in [0.1, 0.15) is 53.4 Å². The maximum Gasteiger partial charge on any atom is 0.408 e. The number of nitrogens with zero attached hydrogens (tertiary/aromatic N) is 1. The average Bonchev–Trinajstić information content (AvgIpc) is 2.40. The Morgan fingerprint density at radius 3 is 2.59 bits per heavy atom. The first-order valence-electron chi connectivity index (χ1n) is 8.15. The van der Waals surface area contributed by atoms with Gasteiger partial charge in [-0.05, 0) is 52.4 Å². The monoisotopic (exact) mass is 312 g/mol. The van der Waals surface area contributed by atoms with Crippen molar-refractivity contribution < 1.29 is 19.4 Å². The van der Waals surface area contributed by atoms with Crippen LogP contribution < -0.4 is 5.32 Å². The fraction of sp³-hybridized carbons (Fsp3) is 0.875. The van der Waals surface area contributed by atoms with Crippen molar-refractivity contribution in [3.63, 3.8) is 0 Å². The molecular weight excluding hydrogens is 284 g/mol. The second kappa shape index (κ2) is 6.44. The maximum absolute atomic E-state index is 12.7. The van der Waals surface area contributed by atoms with Crippen molar-refractivity contribution in [2.24, 2.45) is 5.92 Å². The molecule has 2 N–H and O–H groups in total. The lowest BCUT2D eigenvalue weighted by Gasteiger charge is -2.49. The summed E-state index contributed by atoms with van der Waals surface area (Å²) in [5.41, 5.74) is -0.586. The Balaban J connectivity index is 2.04. The fourth-order valence-electron chi connectivity index (χ4n) is 3.50. The summed E-state index contributed by atoms with van der Waals surface area (Å²) in [5.74, 6) is 0.349. The van der Waals surface area contributed by atoms with E-state index >= 15 is 0 Å². The number of alkyl carbamates (subject to hydrolysis) is 1. The van der Waals surface area contributed by atoms with E-state index in [1.165, 1.54) is 0 Å². The predicted molar refractivity (Wildman–Crippen MR) is 82.3 cm³/mol. The van der Waals surface area contributed by atoms with Crippen molar-refractivity contribution >= 4 is 12.0 Å². The topological polar surface area (TPSA) is 78.9 Å². The van der Waals surface area contributed by atoms with E-state index in [0.717, 1.165) is 19.3 Å². The average molecular weight is 312 g/mol. The Bertz CT molecular complexity index is 432. The molecule has 2 saturated heterocycles. The molecule has 2 fully saturated rings. The summed E-state index contributed by atoms with van der Waals surface area (Å²) in [4.78, 5) is 26.4. The molecule has 6 heteroatoms. The minimum Gasteiger partial charge on any atom is -0.444 e. The molecule has 0 aromatic rings. The molecule has 2 heterocycles. The molecule has 0 aliphatic carbocycles. The van der Waals surface area contributed by atoms with E-state index in [-0.39, 0.29) is 24.6 Å². The minimum atomic E-state index is -0.586. The van der Waals surface area contributed by atoms with Crippen molar-refractivity contribution in [3.05, 3.63) is 0 Å². The standard InChI is InChI=1S/C16H28N2O4/c1-10-5-6-11(9-19)18-13(10)8-7-12(14(18)20)17-15(21)22-16(2,3)4/h10-13,19H,5-9H2,1-4H3,(H,17,21)/t10-,11+,12+,13+/m1/s1. The molecule has 2 rings (SSSR count). The molecule has 0 unspecified atom stereocenters. The summed E-state index contributed by atoms with van der Waals surface area (Å²) < 4.78 is 5.23. The second-order valence-corrected chi connectivity index (χ2v) is 7.48. The van der Waals surface area contributed by atoms with Crippen molar-refractivity contribution in [1.82, 2.24) is 10.2 Å². The lowest BCUT2D eigenvalue weighted by atomic mass is 9.80. The lowest BCUT2D eigenvalue weighted by Crippen LogP contribution is -2.63. The quantitative estimate of drug-likeness (QED) is 0.813. The van der Waals surface area contributed by atoms with Gasteiger partial charge in [-0.2, -0.15) is 0 Å². The van der Waals surface area contributed by atoms with E-state index in [1.54, 1.807) is 25.7 Å². The van der Waals surface area contributed by atoms with Crippen LogP contribution in [-0.4, -0.2) is 52.3 Å². The molecule has 0 bridgehead atoms. The summed E-state index contributed by atoms with van der Waals surface area (Å²) in [6, 6.07) is -0.502. The summed E-state index contributed by atoms with van der Waals surface area (Å²) in [7, 11) is 0. The first-order chi connectivity index (χ1) is 10.2. The number of nitrogens with one attached hydrogen (secondary N) is 1. The number of hydrogen-bond donors (Lipinski definition) is 2. The van der Waals surface area contributed by atoms with Crippen LogP contribution >= 0.6 is 0 Å². The van der Waals surface area contributed by atoms with Gasteiger partial charge in [0.1, 0.15) is 11.6 Å². The van der Waals surface area contributed by atoms with Gasteiger partial charge in [0.15, 0.2) is 0 Å². The van der Waals surface area contributed by atoms with E-state index in [2.05, 4.69) is 12.2 Å². The Hall–Kier alpha value is -1.30. The van der Waals surface area contributed by atoms with Crippen molar-refractivity contribution in [3.8, 4) is 0 Å². The fourth-order valence-corrected chi connectivity index (χ4v) is 3.50. The normalized spacial score (nSPS) is 32.4. The van der Waals surface area contributed by atoms with Crippen molar-refractivity contribution in [1.29, 1.82) is 0 Å². The third-order valence-corrected chi connectivity index (χ3v) is 4.57. The number of piperidine rings is 2. The number of ether oxygens (including phenoxy) is 1. The second-order valence-electron chi connectivity index (χ2n) is 7.48. The van der Waals surface area contributed by atoms with Gasteiger partial charge in [-0.1, -0.05) is 6.92 Å². The van der Waals surface area contributed by atoms with Gasteiger partial charge in [0.25, 0.3) is 0 Å². The van der Waals surface area contributed by atoms with Crippen LogP contribution in [0.5, 0.6) is 0 Å². The van der Waals surface area contributed by atoms with Gasteiger partial charge in [0, 0.05) is 6.04 Å². The van der Waals surface area contributed by atoms with Crippen LogP contribution in [0.15, 0.2) is 0 Å². The van der Waals surface area contributed by atoms with E-state index in [1.807, 2.05) is 0 Å². The zero-order chi connectivity index (χ0) is 16.5. The summed E-state index contributed by atoms with van der Waals surface area (Å²) in [6.45, 7) is 7.51. The van der Waals surface area contributed by atoms with Crippen molar-refractivity contribution in [2.45, 2.75) is 77.1 Å². The molecule has 126 valence electrons. The number of carbonyl (C=O) groups excluding carboxylic acids is 2. The molecule has 22 heavy (non-hydrogen) atoms. The number of amides is 2. The number of aliphatic hydroxyl groups excluding tert-OH is 1. The Labute approximate surface area is 132 Å². The summed E-state index contributed by atoms with van der Waals surface area (Å²) >= 11 is 0. The van der Waals surface area contributed by atoms with Gasteiger partial charge in [-0.3, -0.25) is 4.79 Å². The van der Waals surface area contributed by atoms with Gasteiger partial charge in [0.2, 0.25) is 5.91 Å². The SMILES string of the molecule is C[C@@H]1CC[C@@H](CO)N2C(=O)[C@@H](NC(=O)OC(C)(C)C)CC[C@@H]12. The van der Waals surface area contributed by atoms with E-state index in [0.29, 0.717) is 12.3 Å². The maximum atomic E-state index is 12.7. The van der Waals surface area contributed by atoms with Gasteiger partial charge in [-0.25, -0.2) is 4.79 Å². The van der Waals surface area contributed by atoms with Gasteiger partial charge in [-0.15, -0.1) is 0 Å². The van der Waals surface area contributed by atoms with Gasteiger partial charge in [0.05, 0.1) is 12.6 Å². The predicted octanol–water partition coefficient (Wildman–Crippen LogP) is 1.66. The zero-order valence-electron chi connectivity index (χ0n) is 14.0. The molecule has 0 spiro atoms. The Morgan fingerprint density at radius 1 is 1.32 bits per heavy atom. The van der Waals surface area contributed by atoms with Crippen molar-refractivity contribution in [2.75, 3.05) is 6.61 Å². The van der Waals surface area contributed by atoms with E-state index < -0.39 is 17.7 Å². The summed E-state index contributed by atoms with van der Waals surface area (Å²) in [6.07, 6.45) is 2.77. The number of hydrogen-bond acceptors (Lipinski definition) is 4. The highest BCUT2D eigenvalue weighted by Gasteiger charge is 2.44. The first kappa shape index (κ1) is 17.1. The zero-order valence-corrected chi connectivity index (χ0v) is 14.0. The van der Waals surface area contributed by atoms with E-state index in [4.69, 9.17) is 4.74 Å². The molecular formula is C16H28N2O4.